The molecule has 66 valence electrons. The van der Waals surface area contributed by atoms with Gasteiger partial charge in [0.05, 0.1) is 6.61 Å². The quantitative estimate of drug-likeness (QED) is 0.770. The van der Waals surface area contributed by atoms with Crippen LogP contribution in [0.2, 0.25) is 5.02 Å². The van der Waals surface area contributed by atoms with Crippen molar-refractivity contribution in [2.45, 2.75) is 6.61 Å². The lowest BCUT2D eigenvalue weighted by atomic mass is 10.2. The summed E-state index contributed by atoms with van der Waals surface area (Å²) in [5, 5.41) is 0.629. The highest BCUT2D eigenvalue weighted by Crippen LogP contribution is 2.10. The van der Waals surface area contributed by atoms with Gasteiger partial charge in [-0.3, -0.25) is 8.74 Å². The van der Waals surface area contributed by atoms with Gasteiger partial charge in [-0.25, -0.2) is 0 Å². The van der Waals surface area contributed by atoms with Gasteiger partial charge in [0, 0.05) is 5.02 Å². The van der Waals surface area contributed by atoms with Crippen molar-refractivity contribution >= 4 is 23.0 Å². The van der Waals surface area contributed by atoms with Gasteiger partial charge in [0.15, 0.2) is 0 Å². The molecule has 0 aliphatic rings. The van der Waals surface area contributed by atoms with Crippen molar-refractivity contribution in [1.82, 2.24) is 0 Å². The maximum Gasteiger partial charge on any atom is 0.302 e. The van der Waals surface area contributed by atoms with Crippen molar-refractivity contribution in [2.24, 2.45) is 0 Å². The number of hydrogen-bond donors (Lipinski definition) is 1. The average Bonchev–Trinajstić information content (AvgIpc) is 2.03. The first-order valence-corrected chi connectivity index (χ1v) is 4.58. The summed E-state index contributed by atoms with van der Waals surface area (Å²) < 4.78 is 22.8. The van der Waals surface area contributed by atoms with E-state index in [-0.39, 0.29) is 6.61 Å². The lowest BCUT2D eigenvalue weighted by Gasteiger charge is -1.98. The van der Waals surface area contributed by atoms with Crippen LogP contribution in [0, 0.1) is 0 Å². The highest BCUT2D eigenvalue weighted by Gasteiger charge is 1.96. The second kappa shape index (κ2) is 4.57. The van der Waals surface area contributed by atoms with Crippen LogP contribution in [0.1, 0.15) is 5.56 Å². The predicted molar refractivity (Wildman–Crippen MR) is 47.0 cm³/mol. The zero-order valence-corrected chi connectivity index (χ0v) is 7.64. The smallest absolute Gasteiger partial charge is 0.284 e. The van der Waals surface area contributed by atoms with E-state index < -0.39 is 11.4 Å². The van der Waals surface area contributed by atoms with Crippen LogP contribution in [-0.4, -0.2) is 8.76 Å². The molecule has 0 radical (unpaired) electrons. The minimum atomic E-state index is -2.20. The van der Waals surface area contributed by atoms with E-state index in [1.807, 2.05) is 0 Å². The Labute approximate surface area is 77.8 Å². The van der Waals surface area contributed by atoms with E-state index in [2.05, 4.69) is 4.18 Å². The van der Waals surface area contributed by atoms with E-state index in [0.29, 0.717) is 5.02 Å². The first-order chi connectivity index (χ1) is 5.68. The van der Waals surface area contributed by atoms with Gasteiger partial charge < -0.3 is 0 Å². The van der Waals surface area contributed by atoms with Crippen molar-refractivity contribution in [2.75, 3.05) is 0 Å². The lowest BCUT2D eigenvalue weighted by Crippen LogP contribution is -1.95. The average molecular weight is 207 g/mol. The summed E-state index contributed by atoms with van der Waals surface area (Å²) in [6, 6.07) is 6.85. The van der Waals surface area contributed by atoms with E-state index in [9.17, 15) is 4.21 Å². The maximum atomic E-state index is 10.1. The summed E-state index contributed by atoms with van der Waals surface area (Å²) in [6.45, 7) is 0.111. The zero-order valence-electron chi connectivity index (χ0n) is 6.07. The molecule has 1 atom stereocenters. The Morgan fingerprint density at radius 1 is 1.42 bits per heavy atom. The number of hydrogen-bond acceptors (Lipinski definition) is 2. The molecule has 12 heavy (non-hydrogen) atoms. The van der Waals surface area contributed by atoms with Gasteiger partial charge in [-0.2, -0.15) is 4.21 Å². The molecule has 1 rings (SSSR count). The fraction of sp³-hybridized carbons (Fsp3) is 0.143. The molecule has 5 heteroatoms. The Morgan fingerprint density at radius 3 is 2.50 bits per heavy atom. The molecule has 0 amide bonds. The van der Waals surface area contributed by atoms with Crippen LogP contribution in [-0.2, 0) is 22.2 Å². The monoisotopic (exact) mass is 206 g/mol. The second-order valence-corrected chi connectivity index (χ2v) is 3.21. The lowest BCUT2D eigenvalue weighted by molar-refractivity contribution is 0.297. The van der Waals surface area contributed by atoms with Crippen molar-refractivity contribution in [3.8, 4) is 0 Å². The van der Waals surface area contributed by atoms with E-state index in [0.717, 1.165) is 5.56 Å². The summed E-state index contributed by atoms with van der Waals surface area (Å²) in [4.78, 5) is 0. The van der Waals surface area contributed by atoms with Crippen LogP contribution in [0.3, 0.4) is 0 Å². The summed E-state index contributed by atoms with van der Waals surface area (Å²) >= 11 is 3.42. The molecule has 0 aromatic heterocycles. The Hall–Kier alpha value is -0.420. The highest BCUT2D eigenvalue weighted by atomic mass is 35.5. The summed E-state index contributed by atoms with van der Waals surface area (Å²) in [5.41, 5.74) is 0.807. The first-order valence-electron chi connectivity index (χ1n) is 3.17. The van der Waals surface area contributed by atoms with Gasteiger partial charge in [0.25, 0.3) is 0 Å². The minimum Gasteiger partial charge on any atom is -0.284 e. The fourth-order valence-corrected chi connectivity index (χ4v) is 1.06. The van der Waals surface area contributed by atoms with E-state index in [1.54, 1.807) is 24.3 Å². The first kappa shape index (κ1) is 9.67. The molecule has 1 aromatic carbocycles. The van der Waals surface area contributed by atoms with Gasteiger partial charge in [0.2, 0.25) is 0 Å². The van der Waals surface area contributed by atoms with Gasteiger partial charge in [0.1, 0.15) is 0 Å². The molecule has 0 fully saturated rings. The third kappa shape index (κ3) is 3.32. The molecule has 0 bridgehead atoms. The molecular formula is C7H7ClO3S. The van der Waals surface area contributed by atoms with Gasteiger partial charge >= 0.3 is 11.4 Å². The molecular weight excluding hydrogens is 200 g/mol. The van der Waals surface area contributed by atoms with Gasteiger partial charge in [-0.05, 0) is 17.7 Å². The van der Waals surface area contributed by atoms with Crippen LogP contribution in [0.4, 0.5) is 0 Å². The molecule has 0 spiro atoms. The molecule has 0 heterocycles. The number of halogens is 1. The van der Waals surface area contributed by atoms with Gasteiger partial charge in [-0.15, -0.1) is 0 Å². The zero-order chi connectivity index (χ0) is 8.97. The summed E-state index contributed by atoms with van der Waals surface area (Å²) in [7, 11) is 0. The SMILES string of the molecule is O=S(O)OCc1ccc(Cl)cc1. The molecule has 0 aliphatic carbocycles. The number of rotatable bonds is 3. The molecule has 3 nitrogen and oxygen atoms in total. The van der Waals surface area contributed by atoms with Crippen LogP contribution in [0.5, 0.6) is 0 Å². The maximum absolute atomic E-state index is 10.1. The van der Waals surface area contributed by atoms with Crippen LogP contribution in [0.25, 0.3) is 0 Å². The van der Waals surface area contributed by atoms with Gasteiger partial charge in [-0.1, -0.05) is 23.7 Å². The Balaban J connectivity index is 2.53. The molecule has 1 aromatic rings. The van der Waals surface area contributed by atoms with Crippen molar-refractivity contribution in [3.05, 3.63) is 34.9 Å². The van der Waals surface area contributed by atoms with E-state index in [1.165, 1.54) is 0 Å². The van der Waals surface area contributed by atoms with Crippen LogP contribution < -0.4 is 0 Å². The fourth-order valence-electron chi connectivity index (χ4n) is 0.699. The van der Waals surface area contributed by atoms with Crippen molar-refractivity contribution < 1.29 is 12.9 Å². The highest BCUT2D eigenvalue weighted by molar-refractivity contribution is 7.74. The standard InChI is InChI=1S/C7H7ClO3S/c8-7-3-1-6(2-4-7)5-11-12(9)10/h1-4H,5H2,(H,9,10). The van der Waals surface area contributed by atoms with E-state index >= 15 is 0 Å². The summed E-state index contributed by atoms with van der Waals surface area (Å²) in [6.07, 6.45) is 0. The largest absolute Gasteiger partial charge is 0.302 e. The molecule has 0 aliphatic heterocycles. The molecule has 0 saturated carbocycles. The van der Waals surface area contributed by atoms with Crippen LogP contribution >= 0.6 is 11.6 Å². The van der Waals surface area contributed by atoms with Crippen molar-refractivity contribution in [1.29, 1.82) is 0 Å². The second-order valence-electron chi connectivity index (χ2n) is 2.11. The Morgan fingerprint density at radius 2 is 2.00 bits per heavy atom. The Bertz CT molecular complexity index is 272. The third-order valence-electron chi connectivity index (χ3n) is 1.24. The third-order valence-corrected chi connectivity index (χ3v) is 1.81. The van der Waals surface area contributed by atoms with E-state index in [4.69, 9.17) is 16.2 Å². The van der Waals surface area contributed by atoms with Crippen LogP contribution in [0.15, 0.2) is 24.3 Å². The molecule has 0 saturated heterocycles. The summed E-state index contributed by atoms with van der Waals surface area (Å²) in [5.74, 6) is 0. The minimum absolute atomic E-state index is 0.111. The predicted octanol–water partition coefficient (Wildman–Crippen LogP) is 1.99. The van der Waals surface area contributed by atoms with Crippen molar-refractivity contribution in [3.63, 3.8) is 0 Å². The Kier molecular flexibility index (Phi) is 3.68. The topological polar surface area (TPSA) is 46.5 Å². The molecule has 1 N–H and O–H groups in total. The normalized spacial score (nSPS) is 12.8. The number of benzene rings is 1. The molecule has 1 unspecified atom stereocenters.